The van der Waals surface area contributed by atoms with Crippen LogP contribution in [-0.4, -0.2) is 27.3 Å². The molecule has 1 aromatic carbocycles. The second-order valence-corrected chi connectivity index (χ2v) is 5.87. The number of aryl methyl sites for hydroxylation is 1. The Morgan fingerprint density at radius 2 is 2.30 bits per heavy atom. The average Bonchev–Trinajstić information content (AvgIpc) is 3.23. The van der Waals surface area contributed by atoms with Gasteiger partial charge in [0.25, 0.3) is 5.91 Å². The van der Waals surface area contributed by atoms with E-state index in [0.29, 0.717) is 29.2 Å². The predicted octanol–water partition coefficient (Wildman–Crippen LogP) is 3.58. The smallest absolute Gasteiger partial charge is 0.290 e. The van der Waals surface area contributed by atoms with Gasteiger partial charge in [-0.2, -0.15) is 0 Å². The summed E-state index contributed by atoms with van der Waals surface area (Å²) in [7, 11) is 0. The van der Waals surface area contributed by atoms with Crippen molar-refractivity contribution in [2.45, 2.75) is 25.8 Å². The highest BCUT2D eigenvalue weighted by atomic mass is 19.1. The van der Waals surface area contributed by atoms with Crippen molar-refractivity contribution in [1.29, 1.82) is 0 Å². The lowest BCUT2D eigenvalue weighted by molar-refractivity contribution is 0.0697. The molecule has 5 nitrogen and oxygen atoms in total. The third-order valence-electron chi connectivity index (χ3n) is 4.35. The Morgan fingerprint density at radius 1 is 1.43 bits per heavy atom. The highest BCUT2D eigenvalue weighted by Crippen LogP contribution is 2.33. The minimum atomic E-state index is -0.307. The number of imidazole rings is 1. The molecule has 0 bridgehead atoms. The maximum absolute atomic E-state index is 13.3. The van der Waals surface area contributed by atoms with Crippen molar-refractivity contribution in [3.63, 3.8) is 0 Å². The first-order chi connectivity index (χ1) is 11.1. The van der Waals surface area contributed by atoms with Crippen LogP contribution >= 0.6 is 0 Å². The zero-order valence-electron chi connectivity index (χ0n) is 12.7. The van der Waals surface area contributed by atoms with E-state index in [1.165, 1.54) is 18.4 Å². The second-order valence-electron chi connectivity index (χ2n) is 5.87. The number of fused-ring (bicyclic) bond motifs is 1. The van der Waals surface area contributed by atoms with Gasteiger partial charge in [0.05, 0.1) is 23.3 Å². The van der Waals surface area contributed by atoms with Gasteiger partial charge in [0.15, 0.2) is 5.76 Å². The maximum atomic E-state index is 13.3. The van der Waals surface area contributed by atoms with E-state index in [1.807, 2.05) is 6.92 Å². The summed E-state index contributed by atoms with van der Waals surface area (Å²) >= 11 is 0. The number of aromatic nitrogens is 2. The van der Waals surface area contributed by atoms with Gasteiger partial charge < -0.3 is 14.3 Å². The molecule has 0 saturated carbocycles. The number of nitrogens with zero attached hydrogens (tertiary/aromatic N) is 2. The van der Waals surface area contributed by atoms with Crippen LogP contribution in [0.15, 0.2) is 34.9 Å². The lowest BCUT2D eigenvalue weighted by Crippen LogP contribution is -2.31. The van der Waals surface area contributed by atoms with Gasteiger partial charge in [0, 0.05) is 12.1 Å². The Labute approximate surface area is 132 Å². The Morgan fingerprint density at radius 3 is 3.09 bits per heavy atom. The zero-order chi connectivity index (χ0) is 16.0. The summed E-state index contributed by atoms with van der Waals surface area (Å²) in [6, 6.07) is 6.09. The monoisotopic (exact) mass is 313 g/mol. The van der Waals surface area contributed by atoms with Crippen molar-refractivity contribution >= 4 is 16.9 Å². The summed E-state index contributed by atoms with van der Waals surface area (Å²) in [5.41, 5.74) is 2.18. The largest absolute Gasteiger partial charge is 0.459 e. The molecule has 1 N–H and O–H groups in total. The lowest BCUT2D eigenvalue weighted by atomic mass is 10.2. The van der Waals surface area contributed by atoms with Crippen molar-refractivity contribution in [3.05, 3.63) is 53.5 Å². The molecule has 3 aromatic rings. The summed E-state index contributed by atoms with van der Waals surface area (Å²) in [5, 5.41) is 0. The van der Waals surface area contributed by atoms with Crippen LogP contribution in [0.4, 0.5) is 4.39 Å². The van der Waals surface area contributed by atoms with E-state index in [9.17, 15) is 9.18 Å². The quantitative estimate of drug-likeness (QED) is 0.786. The van der Waals surface area contributed by atoms with Crippen molar-refractivity contribution in [2.75, 3.05) is 6.54 Å². The van der Waals surface area contributed by atoms with Crippen LogP contribution in [0.25, 0.3) is 11.0 Å². The highest BCUT2D eigenvalue weighted by molar-refractivity contribution is 5.93. The highest BCUT2D eigenvalue weighted by Gasteiger charge is 2.34. The van der Waals surface area contributed by atoms with Crippen LogP contribution in [0, 0.1) is 12.7 Å². The zero-order valence-corrected chi connectivity index (χ0v) is 12.7. The van der Waals surface area contributed by atoms with E-state index in [1.54, 1.807) is 17.0 Å². The van der Waals surface area contributed by atoms with Crippen molar-refractivity contribution < 1.29 is 13.6 Å². The van der Waals surface area contributed by atoms with Gasteiger partial charge in [-0.1, -0.05) is 0 Å². The Kier molecular flexibility index (Phi) is 3.18. The molecule has 118 valence electrons. The van der Waals surface area contributed by atoms with Crippen LogP contribution < -0.4 is 0 Å². The first kappa shape index (κ1) is 14.0. The minimum Gasteiger partial charge on any atom is -0.459 e. The number of aromatic amines is 1. The van der Waals surface area contributed by atoms with E-state index in [4.69, 9.17) is 4.42 Å². The fourth-order valence-corrected chi connectivity index (χ4v) is 3.18. The number of H-pyrrole nitrogens is 1. The maximum Gasteiger partial charge on any atom is 0.290 e. The Balaban J connectivity index is 1.69. The van der Waals surface area contributed by atoms with E-state index in [0.717, 1.165) is 18.4 Å². The molecule has 4 rings (SSSR count). The number of halogens is 1. The van der Waals surface area contributed by atoms with Crippen LogP contribution in [0.2, 0.25) is 0 Å². The number of carbonyl (C=O) groups excluding carboxylic acids is 1. The molecule has 1 aliphatic rings. The molecule has 23 heavy (non-hydrogen) atoms. The molecule has 1 aliphatic heterocycles. The SMILES string of the molecule is Cc1ccoc1C(=O)N1CCC[C@@H]1c1nc2ccc(F)cc2[nH]1. The number of nitrogens with one attached hydrogen (secondary N) is 1. The topological polar surface area (TPSA) is 62.1 Å². The summed E-state index contributed by atoms with van der Waals surface area (Å²) in [6.45, 7) is 2.51. The molecule has 0 aliphatic carbocycles. The summed E-state index contributed by atoms with van der Waals surface area (Å²) < 4.78 is 18.7. The average molecular weight is 313 g/mol. The fourth-order valence-electron chi connectivity index (χ4n) is 3.18. The van der Waals surface area contributed by atoms with Crippen molar-refractivity contribution in [1.82, 2.24) is 14.9 Å². The first-order valence-electron chi connectivity index (χ1n) is 7.64. The minimum absolute atomic E-state index is 0.123. The number of carbonyl (C=O) groups is 1. The van der Waals surface area contributed by atoms with Gasteiger partial charge in [0.1, 0.15) is 11.6 Å². The van der Waals surface area contributed by atoms with E-state index in [-0.39, 0.29) is 17.8 Å². The lowest BCUT2D eigenvalue weighted by Gasteiger charge is -2.22. The summed E-state index contributed by atoms with van der Waals surface area (Å²) in [6.07, 6.45) is 3.26. The third-order valence-corrected chi connectivity index (χ3v) is 4.35. The van der Waals surface area contributed by atoms with E-state index < -0.39 is 0 Å². The van der Waals surface area contributed by atoms with Crippen LogP contribution in [0.3, 0.4) is 0 Å². The Hall–Kier alpha value is -2.63. The molecule has 6 heteroatoms. The number of benzene rings is 1. The first-order valence-corrected chi connectivity index (χ1v) is 7.64. The normalized spacial score (nSPS) is 18.0. The summed E-state index contributed by atoms with van der Waals surface area (Å²) in [5.74, 6) is 0.639. The van der Waals surface area contributed by atoms with Crippen LogP contribution in [0.5, 0.6) is 0 Å². The standard InChI is InChI=1S/C17H16FN3O2/c1-10-6-8-23-15(10)17(22)21-7-2-3-14(21)16-19-12-5-4-11(18)9-13(12)20-16/h4-6,8-9,14H,2-3,7H2,1H3,(H,19,20)/t14-/m1/s1. The number of hydrogen-bond donors (Lipinski definition) is 1. The number of rotatable bonds is 2. The number of hydrogen-bond acceptors (Lipinski definition) is 3. The Bertz CT molecular complexity index is 883. The number of furan rings is 1. The third kappa shape index (κ3) is 2.30. The van der Waals surface area contributed by atoms with Gasteiger partial charge in [-0.25, -0.2) is 9.37 Å². The molecular weight excluding hydrogens is 297 g/mol. The van der Waals surface area contributed by atoms with Gasteiger partial charge in [-0.05, 0) is 44.0 Å². The van der Waals surface area contributed by atoms with Gasteiger partial charge in [0.2, 0.25) is 0 Å². The molecule has 1 amide bonds. The van der Waals surface area contributed by atoms with Gasteiger partial charge in [-0.15, -0.1) is 0 Å². The molecule has 0 unspecified atom stereocenters. The number of likely N-dealkylation sites (tertiary alicyclic amines) is 1. The molecule has 0 radical (unpaired) electrons. The summed E-state index contributed by atoms with van der Waals surface area (Å²) in [4.78, 5) is 22.2. The molecule has 0 spiro atoms. The van der Waals surface area contributed by atoms with E-state index in [2.05, 4.69) is 9.97 Å². The van der Waals surface area contributed by atoms with Crippen LogP contribution in [-0.2, 0) is 0 Å². The molecule has 2 aromatic heterocycles. The molecular formula is C17H16FN3O2. The molecule has 1 atom stereocenters. The fraction of sp³-hybridized carbons (Fsp3) is 0.294. The molecule has 3 heterocycles. The van der Waals surface area contributed by atoms with Gasteiger partial charge in [-0.3, -0.25) is 4.79 Å². The molecule has 1 saturated heterocycles. The molecule has 1 fully saturated rings. The van der Waals surface area contributed by atoms with Crippen molar-refractivity contribution in [2.24, 2.45) is 0 Å². The van der Waals surface area contributed by atoms with Gasteiger partial charge >= 0.3 is 0 Å². The number of amides is 1. The predicted molar refractivity (Wildman–Crippen MR) is 82.5 cm³/mol. The van der Waals surface area contributed by atoms with Crippen molar-refractivity contribution in [3.8, 4) is 0 Å². The van der Waals surface area contributed by atoms with E-state index >= 15 is 0 Å². The van der Waals surface area contributed by atoms with Crippen LogP contribution in [0.1, 0.15) is 40.8 Å². The second kappa shape index (κ2) is 5.22.